The number of esters is 2. The van der Waals surface area contributed by atoms with Crippen molar-refractivity contribution >= 4 is 20.3 Å². The highest BCUT2D eigenvalue weighted by Crippen LogP contribution is 2.43. The fourth-order valence-corrected chi connectivity index (χ4v) is 4.62. The van der Waals surface area contributed by atoms with Gasteiger partial charge in [0.2, 0.25) is 0 Å². The smallest absolute Gasteiger partial charge is 0.432 e. The van der Waals surface area contributed by atoms with Crippen LogP contribution >= 0.6 is 0 Å². The van der Waals surface area contributed by atoms with Crippen LogP contribution in [-0.2, 0) is 33.8 Å². The van der Waals surface area contributed by atoms with Gasteiger partial charge in [-0.3, -0.25) is 4.79 Å². The van der Waals surface area contributed by atoms with Crippen molar-refractivity contribution in [3.8, 4) is 0 Å². The highest BCUT2D eigenvalue weighted by molar-refractivity contribution is 6.74. The van der Waals surface area contributed by atoms with Crippen molar-refractivity contribution < 1.29 is 41.4 Å². The van der Waals surface area contributed by atoms with Crippen molar-refractivity contribution in [3.63, 3.8) is 0 Å². The number of hydrogen-bond donors (Lipinski definition) is 0. The normalized spacial score (nSPS) is 16.5. The Bertz CT molecular complexity index is 792. The Kier molecular flexibility index (Phi) is 9.71. The molecule has 188 valence electrons. The molecule has 0 bridgehead atoms. The lowest BCUT2D eigenvalue weighted by Crippen LogP contribution is -2.53. The summed E-state index contributed by atoms with van der Waals surface area (Å²) in [7, 11) is -0.270. The van der Waals surface area contributed by atoms with Crippen LogP contribution in [0, 0.1) is 0 Å². The number of rotatable bonds is 10. The van der Waals surface area contributed by atoms with Crippen molar-refractivity contribution in [2.45, 2.75) is 82.7 Å². The average molecular weight is 493 g/mol. The van der Waals surface area contributed by atoms with Gasteiger partial charge in [-0.2, -0.15) is 13.2 Å². The van der Waals surface area contributed by atoms with Crippen LogP contribution in [0.2, 0.25) is 18.1 Å². The summed E-state index contributed by atoms with van der Waals surface area (Å²) in [5.74, 6) is -2.38. The summed E-state index contributed by atoms with van der Waals surface area (Å²) in [6.45, 7) is 11.9. The molecule has 0 aliphatic rings. The predicted octanol–water partition coefficient (Wildman–Crippen LogP) is 5.37. The van der Waals surface area contributed by atoms with Crippen molar-refractivity contribution in [3.05, 3.63) is 35.9 Å². The molecule has 0 fully saturated rings. The first-order chi connectivity index (χ1) is 15.0. The van der Waals surface area contributed by atoms with Gasteiger partial charge >= 0.3 is 18.1 Å². The van der Waals surface area contributed by atoms with Crippen LogP contribution in [0.3, 0.4) is 0 Å². The Morgan fingerprint density at radius 2 is 1.58 bits per heavy atom. The van der Waals surface area contributed by atoms with Crippen LogP contribution in [0.15, 0.2) is 30.3 Å². The highest BCUT2D eigenvalue weighted by atomic mass is 28.4. The molecule has 0 amide bonds. The van der Waals surface area contributed by atoms with E-state index in [1.165, 1.54) is 18.2 Å². The Morgan fingerprint density at radius 3 is 2.00 bits per heavy atom. The predicted molar refractivity (Wildman–Crippen MR) is 120 cm³/mol. The Balaban J connectivity index is 3.25. The molecule has 0 spiro atoms. The maximum atomic E-state index is 14.2. The van der Waals surface area contributed by atoms with Crippen LogP contribution in [0.5, 0.6) is 0 Å². The zero-order valence-electron chi connectivity index (χ0n) is 20.5. The van der Waals surface area contributed by atoms with Crippen LogP contribution in [-0.4, -0.2) is 52.9 Å². The van der Waals surface area contributed by atoms with Crippen molar-refractivity contribution in [2.75, 3.05) is 14.2 Å². The summed E-state index contributed by atoms with van der Waals surface area (Å²) >= 11 is 0. The van der Waals surface area contributed by atoms with Gasteiger partial charge in [-0.05, 0) is 25.1 Å². The molecule has 10 heteroatoms. The third kappa shape index (κ3) is 7.03. The van der Waals surface area contributed by atoms with E-state index in [1.54, 1.807) is 6.92 Å². The van der Waals surface area contributed by atoms with E-state index >= 15 is 0 Å². The summed E-state index contributed by atoms with van der Waals surface area (Å²) in [6, 6.07) is 6.52. The summed E-state index contributed by atoms with van der Waals surface area (Å²) in [5.41, 5.74) is -3.76. The first-order valence-corrected chi connectivity index (χ1v) is 13.6. The van der Waals surface area contributed by atoms with E-state index in [1.807, 2.05) is 33.9 Å². The van der Waals surface area contributed by atoms with Crippen molar-refractivity contribution in [1.29, 1.82) is 0 Å². The molecule has 0 saturated carbocycles. The van der Waals surface area contributed by atoms with Crippen LogP contribution in [0.1, 0.15) is 46.1 Å². The van der Waals surface area contributed by atoms with Crippen molar-refractivity contribution in [1.82, 2.24) is 0 Å². The topological polar surface area (TPSA) is 71.1 Å². The summed E-state index contributed by atoms with van der Waals surface area (Å²) in [6.07, 6.45) is -7.20. The standard InChI is InChI=1S/C23H35F3O6Si/c1-16(32-33(7,8)21(2,3)4)14-18(15-19(27)29-5)31-20(28)22(30-6,23(24,25)26)17-12-10-9-11-13-17/h9-13,16,18H,14-15H2,1-8H3/t16-,18-,22-/m0/s1. The third-order valence-corrected chi connectivity index (χ3v) is 10.6. The second-order valence-electron chi connectivity index (χ2n) is 9.48. The Labute approximate surface area is 194 Å². The van der Waals surface area contributed by atoms with Gasteiger partial charge in [0.25, 0.3) is 5.60 Å². The minimum Gasteiger partial charge on any atom is -0.469 e. The second kappa shape index (κ2) is 11.0. The fraction of sp³-hybridized carbons (Fsp3) is 0.652. The zero-order chi connectivity index (χ0) is 25.7. The van der Waals surface area contributed by atoms with Gasteiger partial charge < -0.3 is 18.6 Å². The van der Waals surface area contributed by atoms with Gasteiger partial charge in [-0.1, -0.05) is 51.1 Å². The molecule has 0 aliphatic heterocycles. The Hall–Kier alpha value is -1.91. The number of methoxy groups -OCH3 is 2. The van der Waals surface area contributed by atoms with E-state index in [4.69, 9.17) is 13.9 Å². The molecule has 3 atom stereocenters. The maximum absolute atomic E-state index is 14.2. The molecule has 0 heterocycles. The van der Waals surface area contributed by atoms with E-state index in [2.05, 4.69) is 4.74 Å². The first kappa shape index (κ1) is 29.1. The fourth-order valence-electron chi connectivity index (χ4n) is 3.16. The SMILES string of the molecule is COC(=O)C[C@H](C[C@H](C)O[Si](C)(C)C(C)(C)C)OC(=O)[C@@](OC)(c1ccccc1)C(F)(F)F. The van der Waals surface area contributed by atoms with Crippen LogP contribution < -0.4 is 0 Å². The van der Waals surface area contributed by atoms with Gasteiger partial charge in [0.15, 0.2) is 8.32 Å². The van der Waals surface area contributed by atoms with Gasteiger partial charge in [0.1, 0.15) is 6.10 Å². The molecule has 0 saturated heterocycles. The van der Waals surface area contributed by atoms with E-state index in [0.29, 0.717) is 0 Å². The third-order valence-electron chi connectivity index (χ3n) is 5.97. The minimum absolute atomic E-state index is 0.0137. The van der Waals surface area contributed by atoms with Gasteiger partial charge in [-0.15, -0.1) is 0 Å². The van der Waals surface area contributed by atoms with Gasteiger partial charge in [0, 0.05) is 25.2 Å². The lowest BCUT2D eigenvalue weighted by atomic mass is 9.92. The van der Waals surface area contributed by atoms with Crippen LogP contribution in [0.4, 0.5) is 13.2 Å². The number of halogens is 3. The summed E-state index contributed by atoms with van der Waals surface area (Å²) in [4.78, 5) is 24.9. The lowest BCUT2D eigenvalue weighted by molar-refractivity contribution is -0.278. The molecular weight excluding hydrogens is 457 g/mol. The highest BCUT2D eigenvalue weighted by Gasteiger charge is 2.64. The molecule has 1 aromatic carbocycles. The van der Waals surface area contributed by atoms with E-state index in [0.717, 1.165) is 26.4 Å². The molecule has 6 nitrogen and oxygen atoms in total. The molecule has 0 aliphatic carbocycles. The Morgan fingerprint density at radius 1 is 1.03 bits per heavy atom. The van der Waals surface area contributed by atoms with E-state index in [9.17, 15) is 22.8 Å². The minimum atomic E-state index is -5.11. The molecule has 33 heavy (non-hydrogen) atoms. The van der Waals surface area contributed by atoms with E-state index < -0.39 is 56.2 Å². The number of hydrogen-bond acceptors (Lipinski definition) is 6. The molecule has 0 unspecified atom stereocenters. The number of carbonyl (C=O) groups is 2. The quantitative estimate of drug-likeness (QED) is 0.323. The molecular formula is C23H35F3O6Si. The van der Waals surface area contributed by atoms with E-state index in [-0.39, 0.29) is 11.5 Å². The molecule has 0 aromatic heterocycles. The summed E-state index contributed by atoms with van der Waals surface area (Å²) in [5, 5.41) is -0.107. The lowest BCUT2D eigenvalue weighted by Gasteiger charge is -2.39. The molecule has 1 rings (SSSR count). The number of ether oxygens (including phenoxy) is 3. The average Bonchev–Trinajstić information content (AvgIpc) is 2.67. The molecule has 0 radical (unpaired) electrons. The van der Waals surface area contributed by atoms with Crippen molar-refractivity contribution in [2.24, 2.45) is 0 Å². The first-order valence-electron chi connectivity index (χ1n) is 10.6. The number of benzene rings is 1. The number of carbonyl (C=O) groups excluding carboxylic acids is 2. The maximum Gasteiger partial charge on any atom is 0.432 e. The van der Waals surface area contributed by atoms with Gasteiger partial charge in [0.05, 0.1) is 13.5 Å². The molecule has 0 N–H and O–H groups in total. The van der Waals surface area contributed by atoms with Gasteiger partial charge in [-0.25, -0.2) is 4.79 Å². The largest absolute Gasteiger partial charge is 0.469 e. The second-order valence-corrected chi connectivity index (χ2v) is 14.2. The zero-order valence-corrected chi connectivity index (χ0v) is 21.5. The number of alkyl halides is 3. The molecule has 1 aromatic rings. The summed E-state index contributed by atoms with van der Waals surface area (Å²) < 4.78 is 63.4. The monoisotopic (exact) mass is 492 g/mol. The van der Waals surface area contributed by atoms with Crippen LogP contribution in [0.25, 0.3) is 0 Å².